The van der Waals surface area contributed by atoms with Crippen molar-refractivity contribution < 1.29 is 17.9 Å². The van der Waals surface area contributed by atoms with Crippen LogP contribution < -0.4 is 14.5 Å². The summed E-state index contributed by atoms with van der Waals surface area (Å²) in [6.45, 7) is 1.63. The summed E-state index contributed by atoms with van der Waals surface area (Å²) in [5.41, 5.74) is 5.32. The quantitative estimate of drug-likeness (QED) is 0.484. The molecular formula is C21H21N5O4S. The molecule has 1 aliphatic heterocycles. The van der Waals surface area contributed by atoms with E-state index in [1.807, 2.05) is 18.2 Å². The Morgan fingerprint density at radius 1 is 1.23 bits per heavy atom. The monoisotopic (exact) mass is 439 g/mol. The lowest BCUT2D eigenvalue weighted by atomic mass is 10.1. The van der Waals surface area contributed by atoms with Crippen molar-refractivity contribution >= 4 is 27.8 Å². The first-order chi connectivity index (χ1) is 14.8. The standard InChI is InChI=1S/C21H21N5O4S/c1-14-21-20(17-9-4-5-10-18(17)31(28,29)25(21)2)24-26(14)13-19(27)23-22-12-15-7-6-8-16(11-15)30-3/h4-12H,13H2,1-3H3,(H,23,27)/b22-12+. The first-order valence-corrected chi connectivity index (χ1v) is 10.9. The van der Waals surface area contributed by atoms with Crippen LogP contribution in [-0.2, 0) is 21.4 Å². The molecule has 1 aliphatic rings. The molecule has 0 atom stereocenters. The Morgan fingerprint density at radius 3 is 2.77 bits per heavy atom. The largest absolute Gasteiger partial charge is 0.497 e. The minimum absolute atomic E-state index is 0.107. The molecule has 0 bridgehead atoms. The van der Waals surface area contributed by atoms with E-state index in [0.717, 1.165) is 5.56 Å². The van der Waals surface area contributed by atoms with Crippen molar-refractivity contribution in [3.63, 3.8) is 0 Å². The molecule has 0 fully saturated rings. The molecule has 1 N–H and O–H groups in total. The number of anilines is 1. The van der Waals surface area contributed by atoms with Crippen molar-refractivity contribution in [2.75, 3.05) is 18.5 Å². The van der Waals surface area contributed by atoms with Gasteiger partial charge in [0, 0.05) is 12.6 Å². The number of nitrogens with zero attached hydrogens (tertiary/aromatic N) is 4. The highest BCUT2D eigenvalue weighted by Gasteiger charge is 2.36. The van der Waals surface area contributed by atoms with Crippen LogP contribution in [0.2, 0.25) is 0 Å². The summed E-state index contributed by atoms with van der Waals surface area (Å²) in [5.74, 6) is 0.299. The molecule has 3 aromatic rings. The highest BCUT2D eigenvalue weighted by Crippen LogP contribution is 2.43. The molecular weight excluding hydrogens is 418 g/mol. The molecule has 0 saturated carbocycles. The fourth-order valence-corrected chi connectivity index (χ4v) is 4.92. The van der Waals surface area contributed by atoms with E-state index >= 15 is 0 Å². The Hall–Kier alpha value is -3.66. The maximum atomic E-state index is 12.9. The van der Waals surface area contributed by atoms with Gasteiger partial charge >= 0.3 is 0 Å². The molecule has 160 valence electrons. The molecule has 2 heterocycles. The van der Waals surface area contributed by atoms with Crippen molar-refractivity contribution in [3.8, 4) is 17.0 Å². The van der Waals surface area contributed by atoms with Gasteiger partial charge in [-0.2, -0.15) is 10.2 Å². The predicted molar refractivity (Wildman–Crippen MR) is 117 cm³/mol. The molecule has 0 radical (unpaired) electrons. The van der Waals surface area contributed by atoms with Crippen LogP contribution in [0.15, 0.2) is 58.5 Å². The third kappa shape index (κ3) is 3.66. The molecule has 10 heteroatoms. The second-order valence-electron chi connectivity index (χ2n) is 6.98. The lowest BCUT2D eigenvalue weighted by molar-refractivity contribution is -0.121. The Balaban J connectivity index is 1.56. The van der Waals surface area contributed by atoms with E-state index in [1.54, 1.807) is 44.4 Å². The Morgan fingerprint density at radius 2 is 2.00 bits per heavy atom. The number of fused-ring (bicyclic) bond motifs is 3. The summed E-state index contributed by atoms with van der Waals surface area (Å²) in [5, 5.41) is 8.49. The van der Waals surface area contributed by atoms with Crippen molar-refractivity contribution in [2.45, 2.75) is 18.4 Å². The van der Waals surface area contributed by atoms with Crippen LogP contribution in [0.5, 0.6) is 5.75 Å². The smallest absolute Gasteiger partial charge is 0.264 e. The van der Waals surface area contributed by atoms with Gasteiger partial charge in [0.05, 0.1) is 23.9 Å². The zero-order valence-corrected chi connectivity index (χ0v) is 18.0. The summed E-state index contributed by atoms with van der Waals surface area (Å²) in [6.07, 6.45) is 1.51. The first kappa shape index (κ1) is 20.6. The summed E-state index contributed by atoms with van der Waals surface area (Å²) in [7, 11) is -0.614. The molecule has 4 rings (SSSR count). The molecule has 0 unspecified atom stereocenters. The SMILES string of the molecule is COc1cccc(/C=N/NC(=O)Cn2nc3c(c2C)N(C)S(=O)(=O)c2ccccc2-3)c1. The second-order valence-corrected chi connectivity index (χ2v) is 8.92. The highest BCUT2D eigenvalue weighted by molar-refractivity contribution is 7.93. The first-order valence-electron chi connectivity index (χ1n) is 9.44. The molecule has 0 saturated heterocycles. The van der Waals surface area contributed by atoms with Gasteiger partial charge < -0.3 is 4.74 Å². The average Bonchev–Trinajstić information content (AvgIpc) is 3.08. The normalized spacial score (nSPS) is 14.2. The van der Waals surface area contributed by atoms with Crippen molar-refractivity contribution in [3.05, 3.63) is 59.8 Å². The van der Waals surface area contributed by atoms with Crippen LogP contribution in [0.4, 0.5) is 5.69 Å². The van der Waals surface area contributed by atoms with Crippen LogP contribution in [0.1, 0.15) is 11.3 Å². The molecule has 0 spiro atoms. The van der Waals surface area contributed by atoms with Gasteiger partial charge in [-0.25, -0.2) is 13.8 Å². The number of nitrogens with one attached hydrogen (secondary N) is 1. The van der Waals surface area contributed by atoms with Gasteiger partial charge in [0.15, 0.2) is 0 Å². The van der Waals surface area contributed by atoms with Gasteiger partial charge in [-0.15, -0.1) is 0 Å². The van der Waals surface area contributed by atoms with Gasteiger partial charge in [-0.05, 0) is 30.7 Å². The topological polar surface area (TPSA) is 106 Å². The molecule has 31 heavy (non-hydrogen) atoms. The number of rotatable bonds is 5. The van der Waals surface area contributed by atoms with E-state index in [4.69, 9.17) is 4.74 Å². The summed E-state index contributed by atoms with van der Waals surface area (Å²) < 4.78 is 33.6. The number of carbonyl (C=O) groups is 1. The number of aromatic nitrogens is 2. The van der Waals surface area contributed by atoms with Gasteiger partial charge in [0.2, 0.25) is 0 Å². The van der Waals surface area contributed by atoms with E-state index in [0.29, 0.717) is 28.4 Å². The van der Waals surface area contributed by atoms with Crippen molar-refractivity contribution in [1.82, 2.24) is 15.2 Å². The summed E-state index contributed by atoms with van der Waals surface area (Å²) >= 11 is 0. The van der Waals surface area contributed by atoms with Gasteiger partial charge in [0.25, 0.3) is 15.9 Å². The highest BCUT2D eigenvalue weighted by atomic mass is 32.2. The van der Waals surface area contributed by atoms with Crippen molar-refractivity contribution in [1.29, 1.82) is 0 Å². The van der Waals surface area contributed by atoms with E-state index in [-0.39, 0.29) is 17.3 Å². The number of sulfonamides is 1. The minimum Gasteiger partial charge on any atom is -0.497 e. The van der Waals surface area contributed by atoms with Gasteiger partial charge in [-0.3, -0.25) is 13.8 Å². The zero-order chi connectivity index (χ0) is 22.2. The fourth-order valence-electron chi connectivity index (χ4n) is 3.48. The van der Waals surface area contributed by atoms with Crippen LogP contribution >= 0.6 is 0 Å². The van der Waals surface area contributed by atoms with Gasteiger partial charge in [0.1, 0.15) is 23.7 Å². The Bertz CT molecular complexity index is 1300. The van der Waals surface area contributed by atoms with Gasteiger partial charge in [-0.1, -0.05) is 30.3 Å². The van der Waals surface area contributed by atoms with Crippen LogP contribution in [0.25, 0.3) is 11.3 Å². The van der Waals surface area contributed by atoms with Crippen LogP contribution in [-0.4, -0.2) is 44.5 Å². The number of hydrogen-bond acceptors (Lipinski definition) is 6. The zero-order valence-electron chi connectivity index (χ0n) is 17.2. The molecule has 9 nitrogen and oxygen atoms in total. The lowest BCUT2D eigenvalue weighted by Gasteiger charge is -2.26. The number of benzene rings is 2. The third-order valence-corrected chi connectivity index (χ3v) is 6.88. The van der Waals surface area contributed by atoms with E-state index < -0.39 is 10.0 Å². The summed E-state index contributed by atoms with van der Waals surface area (Å²) in [6, 6.07) is 14.0. The third-order valence-electron chi connectivity index (χ3n) is 5.06. The van der Waals surface area contributed by atoms with E-state index in [2.05, 4.69) is 15.6 Å². The average molecular weight is 439 g/mol. The minimum atomic E-state index is -3.68. The maximum absolute atomic E-state index is 12.9. The van der Waals surface area contributed by atoms with E-state index in [1.165, 1.54) is 22.2 Å². The second kappa shape index (κ2) is 7.88. The molecule has 0 aliphatic carbocycles. The fraction of sp³-hybridized carbons (Fsp3) is 0.190. The number of hydrazone groups is 1. The molecule has 1 amide bonds. The number of methoxy groups -OCH3 is 1. The number of ether oxygens (including phenoxy) is 1. The maximum Gasteiger partial charge on any atom is 0.264 e. The molecule has 2 aromatic carbocycles. The Labute approximate surface area is 180 Å². The number of hydrogen-bond donors (Lipinski definition) is 1. The summed E-state index contributed by atoms with van der Waals surface area (Å²) in [4.78, 5) is 12.6. The number of amides is 1. The van der Waals surface area contributed by atoms with E-state index in [9.17, 15) is 13.2 Å². The molecule has 1 aromatic heterocycles. The predicted octanol–water partition coefficient (Wildman–Crippen LogP) is 2.16. The number of carbonyl (C=O) groups excluding carboxylic acids is 1. The van der Waals surface area contributed by atoms with Crippen LogP contribution in [0.3, 0.4) is 0 Å². The lowest BCUT2D eigenvalue weighted by Crippen LogP contribution is -2.30. The van der Waals surface area contributed by atoms with Crippen molar-refractivity contribution in [2.24, 2.45) is 5.10 Å². The Kier molecular flexibility index (Phi) is 5.24. The van der Waals surface area contributed by atoms with Crippen LogP contribution in [0, 0.1) is 6.92 Å².